The van der Waals surface area contributed by atoms with Crippen LogP contribution in [0.2, 0.25) is 0 Å². The molecular weight excluding hydrogens is 351 g/mol. The van der Waals surface area contributed by atoms with E-state index in [1.54, 1.807) is 31.2 Å². The zero-order chi connectivity index (χ0) is 18.0. The van der Waals surface area contributed by atoms with Crippen LogP contribution in [0.1, 0.15) is 5.56 Å². The molecule has 1 heterocycles. The van der Waals surface area contributed by atoms with E-state index >= 15 is 0 Å². The molecule has 130 valence electrons. The summed E-state index contributed by atoms with van der Waals surface area (Å²) in [5, 5.41) is 2.74. The summed E-state index contributed by atoms with van der Waals surface area (Å²) in [5.41, 5.74) is 2.18. The number of amides is 1. The SMILES string of the molecule is Cc1cc(F)ccc1NC(=O)Cn1c(SC(F)F)nc2ccccc21. The van der Waals surface area contributed by atoms with Gasteiger partial charge in [-0.2, -0.15) is 8.78 Å². The van der Waals surface area contributed by atoms with E-state index in [1.807, 2.05) is 0 Å². The first-order chi connectivity index (χ1) is 11.9. The lowest BCUT2D eigenvalue weighted by molar-refractivity contribution is -0.116. The molecule has 1 aromatic heterocycles. The molecule has 3 aromatic rings. The zero-order valence-corrected chi connectivity index (χ0v) is 14.0. The van der Waals surface area contributed by atoms with Gasteiger partial charge in [0.1, 0.15) is 12.4 Å². The van der Waals surface area contributed by atoms with Crippen molar-refractivity contribution in [2.24, 2.45) is 0 Å². The fourth-order valence-corrected chi connectivity index (χ4v) is 3.08. The van der Waals surface area contributed by atoms with E-state index in [4.69, 9.17) is 0 Å². The summed E-state index contributed by atoms with van der Waals surface area (Å²) in [6, 6.07) is 10.9. The Hall–Kier alpha value is -2.48. The number of nitrogens with zero attached hydrogens (tertiary/aromatic N) is 2. The number of hydrogen-bond acceptors (Lipinski definition) is 3. The Morgan fingerprint density at radius 1 is 1.28 bits per heavy atom. The highest BCUT2D eigenvalue weighted by Crippen LogP contribution is 2.28. The van der Waals surface area contributed by atoms with E-state index in [-0.39, 0.29) is 11.7 Å². The first-order valence-electron chi connectivity index (χ1n) is 7.40. The lowest BCUT2D eigenvalue weighted by Gasteiger charge is -2.11. The number of aryl methyl sites for hydroxylation is 1. The van der Waals surface area contributed by atoms with Gasteiger partial charge in [-0.05, 0) is 54.6 Å². The van der Waals surface area contributed by atoms with Gasteiger partial charge in [0.2, 0.25) is 5.91 Å². The van der Waals surface area contributed by atoms with Crippen molar-refractivity contribution < 1.29 is 18.0 Å². The molecule has 4 nitrogen and oxygen atoms in total. The summed E-state index contributed by atoms with van der Waals surface area (Å²) >= 11 is 0.293. The minimum atomic E-state index is -2.64. The predicted molar refractivity (Wildman–Crippen MR) is 91.4 cm³/mol. The van der Waals surface area contributed by atoms with Crippen LogP contribution in [0.3, 0.4) is 0 Å². The van der Waals surface area contributed by atoms with Crippen molar-refractivity contribution in [3.8, 4) is 0 Å². The summed E-state index contributed by atoms with van der Waals surface area (Å²) in [5.74, 6) is -3.45. The first-order valence-corrected chi connectivity index (χ1v) is 8.28. The molecule has 0 saturated carbocycles. The molecular formula is C17H14F3N3OS. The van der Waals surface area contributed by atoms with Gasteiger partial charge in [-0.1, -0.05) is 12.1 Å². The number of halogens is 3. The molecule has 0 fully saturated rings. The fraction of sp³-hybridized carbons (Fsp3) is 0.176. The summed E-state index contributed by atoms with van der Waals surface area (Å²) in [6.07, 6.45) is 0. The largest absolute Gasteiger partial charge is 0.324 e. The number of fused-ring (bicyclic) bond motifs is 1. The Labute approximate surface area is 146 Å². The number of hydrogen-bond donors (Lipinski definition) is 1. The van der Waals surface area contributed by atoms with Crippen molar-refractivity contribution in [2.75, 3.05) is 5.32 Å². The van der Waals surface area contributed by atoms with E-state index in [0.29, 0.717) is 34.0 Å². The Kier molecular flexibility index (Phi) is 4.98. The number of rotatable bonds is 5. The zero-order valence-electron chi connectivity index (χ0n) is 13.2. The lowest BCUT2D eigenvalue weighted by Crippen LogP contribution is -2.20. The highest BCUT2D eigenvalue weighted by atomic mass is 32.2. The van der Waals surface area contributed by atoms with E-state index in [9.17, 15) is 18.0 Å². The van der Waals surface area contributed by atoms with Crippen molar-refractivity contribution in [1.82, 2.24) is 9.55 Å². The molecule has 0 radical (unpaired) electrons. The van der Waals surface area contributed by atoms with Crippen LogP contribution in [-0.2, 0) is 11.3 Å². The second kappa shape index (κ2) is 7.18. The van der Waals surface area contributed by atoms with E-state index < -0.39 is 17.5 Å². The number of thioether (sulfide) groups is 1. The lowest BCUT2D eigenvalue weighted by atomic mass is 10.2. The molecule has 0 aliphatic rings. The molecule has 2 aromatic carbocycles. The van der Waals surface area contributed by atoms with Gasteiger partial charge in [0.15, 0.2) is 5.16 Å². The second-order valence-electron chi connectivity index (χ2n) is 5.36. The van der Waals surface area contributed by atoms with Gasteiger partial charge in [-0.25, -0.2) is 9.37 Å². The van der Waals surface area contributed by atoms with Crippen molar-refractivity contribution in [3.63, 3.8) is 0 Å². The first kappa shape index (κ1) is 17.3. The second-order valence-corrected chi connectivity index (χ2v) is 6.31. The van der Waals surface area contributed by atoms with E-state index in [2.05, 4.69) is 10.3 Å². The number of benzene rings is 2. The monoisotopic (exact) mass is 365 g/mol. The Morgan fingerprint density at radius 2 is 2.04 bits per heavy atom. The van der Waals surface area contributed by atoms with Crippen molar-refractivity contribution >= 4 is 34.4 Å². The molecule has 3 rings (SSSR count). The Morgan fingerprint density at radius 3 is 2.76 bits per heavy atom. The molecule has 0 aliphatic heterocycles. The molecule has 25 heavy (non-hydrogen) atoms. The fourth-order valence-electron chi connectivity index (χ4n) is 2.48. The van der Waals surface area contributed by atoms with Crippen LogP contribution in [0.5, 0.6) is 0 Å². The van der Waals surface area contributed by atoms with Gasteiger partial charge in [-0.3, -0.25) is 4.79 Å². The number of anilines is 1. The number of para-hydroxylation sites is 2. The average Bonchev–Trinajstić information content (AvgIpc) is 2.87. The van der Waals surface area contributed by atoms with Crippen molar-refractivity contribution in [2.45, 2.75) is 24.4 Å². The molecule has 8 heteroatoms. The number of aromatic nitrogens is 2. The molecule has 0 aliphatic carbocycles. The third-order valence-electron chi connectivity index (χ3n) is 3.58. The van der Waals surface area contributed by atoms with Crippen LogP contribution >= 0.6 is 11.8 Å². The summed E-state index contributed by atoms with van der Waals surface area (Å²) in [7, 11) is 0. The number of carbonyl (C=O) groups is 1. The van der Waals surface area contributed by atoms with Crippen LogP contribution in [-0.4, -0.2) is 21.2 Å². The van der Waals surface area contributed by atoms with Gasteiger partial charge in [0, 0.05) is 5.69 Å². The van der Waals surface area contributed by atoms with Crippen molar-refractivity contribution in [3.05, 3.63) is 53.8 Å². The molecule has 0 spiro atoms. The number of nitrogens with one attached hydrogen (secondary N) is 1. The topological polar surface area (TPSA) is 46.9 Å². The van der Waals surface area contributed by atoms with E-state index in [0.717, 1.165) is 0 Å². The standard InChI is InChI=1S/C17H14F3N3OS/c1-10-8-11(18)6-7-12(10)21-15(24)9-23-14-5-3-2-4-13(14)22-17(23)25-16(19)20/h2-8,16H,9H2,1H3,(H,21,24). The minimum absolute atomic E-state index is 0.0715. The highest BCUT2D eigenvalue weighted by molar-refractivity contribution is 7.99. The molecule has 1 N–H and O–H groups in total. The van der Waals surface area contributed by atoms with Crippen LogP contribution in [0.4, 0.5) is 18.9 Å². The molecule has 0 unspecified atom stereocenters. The van der Waals surface area contributed by atoms with Gasteiger partial charge in [0.05, 0.1) is 11.0 Å². The van der Waals surface area contributed by atoms with Crippen LogP contribution in [0.15, 0.2) is 47.6 Å². The van der Waals surface area contributed by atoms with Gasteiger partial charge in [0.25, 0.3) is 5.76 Å². The smallest absolute Gasteiger partial charge is 0.291 e. The third kappa shape index (κ3) is 3.96. The molecule has 0 saturated heterocycles. The number of alkyl halides is 2. The Bertz CT molecular complexity index is 927. The van der Waals surface area contributed by atoms with Crippen LogP contribution in [0, 0.1) is 12.7 Å². The summed E-state index contributed by atoms with van der Waals surface area (Å²) in [4.78, 5) is 16.5. The number of carbonyl (C=O) groups excluding carboxylic acids is 1. The highest BCUT2D eigenvalue weighted by Gasteiger charge is 2.18. The number of imidazole rings is 1. The molecule has 0 atom stereocenters. The van der Waals surface area contributed by atoms with E-state index in [1.165, 1.54) is 22.8 Å². The molecule has 0 bridgehead atoms. The van der Waals surface area contributed by atoms with Crippen LogP contribution in [0.25, 0.3) is 11.0 Å². The van der Waals surface area contributed by atoms with Gasteiger partial charge < -0.3 is 9.88 Å². The molecule has 1 amide bonds. The van der Waals surface area contributed by atoms with Gasteiger partial charge in [-0.15, -0.1) is 0 Å². The Balaban J connectivity index is 1.87. The van der Waals surface area contributed by atoms with Crippen molar-refractivity contribution in [1.29, 1.82) is 0 Å². The maximum absolute atomic E-state index is 13.1. The summed E-state index contributed by atoms with van der Waals surface area (Å²) in [6.45, 7) is 1.50. The third-order valence-corrected chi connectivity index (χ3v) is 4.28. The summed E-state index contributed by atoms with van der Waals surface area (Å²) < 4.78 is 40.1. The van der Waals surface area contributed by atoms with Gasteiger partial charge >= 0.3 is 0 Å². The normalized spacial score (nSPS) is 11.2. The minimum Gasteiger partial charge on any atom is -0.324 e. The quantitative estimate of drug-likeness (QED) is 0.680. The van der Waals surface area contributed by atoms with Crippen LogP contribution < -0.4 is 5.32 Å². The maximum Gasteiger partial charge on any atom is 0.291 e. The average molecular weight is 365 g/mol. The maximum atomic E-state index is 13.1. The predicted octanol–water partition coefficient (Wildman–Crippen LogP) is 4.44.